The molecule has 0 radical (unpaired) electrons. The minimum Gasteiger partial charge on any atom is -0.378 e. The number of ether oxygens (including phenoxy) is 1. The van der Waals surface area contributed by atoms with Crippen LogP contribution >= 0.6 is 0 Å². The van der Waals surface area contributed by atoms with Crippen LogP contribution in [0.15, 0.2) is 0 Å². The Kier molecular flexibility index (Phi) is 9.35. The van der Waals surface area contributed by atoms with Gasteiger partial charge in [0.05, 0.1) is 6.10 Å². The summed E-state index contributed by atoms with van der Waals surface area (Å²) in [6, 6.07) is 0. The van der Waals surface area contributed by atoms with Crippen LogP contribution in [0.25, 0.3) is 0 Å². The maximum atomic E-state index is 10.2. The van der Waals surface area contributed by atoms with E-state index in [1.54, 1.807) is 0 Å². The Morgan fingerprint density at radius 3 is 2.20 bits per heavy atom. The largest absolute Gasteiger partial charge is 0.378 e. The SMILES string of the molecule is CC(C)C(C)OCCCC[C@@H](CO[N+](=O)[O-])O[N+](=O)[O-]. The first-order valence-corrected chi connectivity index (χ1v) is 6.53. The van der Waals surface area contributed by atoms with Gasteiger partial charge >= 0.3 is 0 Å². The Morgan fingerprint density at radius 2 is 1.70 bits per heavy atom. The summed E-state index contributed by atoms with van der Waals surface area (Å²) in [5, 5.41) is 18.3. The molecule has 0 aliphatic heterocycles. The van der Waals surface area contributed by atoms with Crippen LogP contribution in [-0.4, -0.2) is 35.6 Å². The van der Waals surface area contributed by atoms with E-state index >= 15 is 0 Å². The van der Waals surface area contributed by atoms with Gasteiger partial charge in [0.2, 0.25) is 0 Å². The molecule has 0 spiro atoms. The van der Waals surface area contributed by atoms with Crippen LogP contribution < -0.4 is 0 Å². The van der Waals surface area contributed by atoms with Crippen LogP contribution in [0.2, 0.25) is 0 Å². The van der Waals surface area contributed by atoms with Crippen molar-refractivity contribution in [3.8, 4) is 0 Å². The Labute approximate surface area is 117 Å². The molecule has 0 saturated carbocycles. The molecule has 118 valence electrons. The van der Waals surface area contributed by atoms with E-state index in [1.807, 2.05) is 6.92 Å². The van der Waals surface area contributed by atoms with Crippen LogP contribution in [0, 0.1) is 26.1 Å². The highest BCUT2D eigenvalue weighted by atomic mass is 17.0. The minimum absolute atomic E-state index is 0.152. The number of hydrogen-bond donors (Lipinski definition) is 0. The third-order valence-electron chi connectivity index (χ3n) is 2.84. The van der Waals surface area contributed by atoms with Crippen LogP contribution in [0.3, 0.4) is 0 Å². The molecule has 0 aliphatic carbocycles. The van der Waals surface area contributed by atoms with E-state index in [-0.39, 0.29) is 6.10 Å². The third-order valence-corrected chi connectivity index (χ3v) is 2.84. The van der Waals surface area contributed by atoms with Crippen molar-refractivity contribution in [1.82, 2.24) is 0 Å². The van der Waals surface area contributed by atoms with E-state index < -0.39 is 22.9 Å². The predicted octanol–water partition coefficient (Wildman–Crippen LogP) is 2.00. The molecule has 0 aromatic rings. The van der Waals surface area contributed by atoms with Crippen molar-refractivity contribution in [3.05, 3.63) is 20.2 Å². The van der Waals surface area contributed by atoms with Gasteiger partial charge < -0.3 is 14.4 Å². The first-order chi connectivity index (χ1) is 9.32. The molecular weight excluding hydrogens is 272 g/mol. The topological polar surface area (TPSA) is 114 Å². The van der Waals surface area contributed by atoms with Gasteiger partial charge in [-0.05, 0) is 32.1 Å². The molecule has 0 bridgehead atoms. The Hall–Kier alpha value is -1.64. The third kappa shape index (κ3) is 10.3. The second-order valence-electron chi connectivity index (χ2n) is 4.79. The van der Waals surface area contributed by atoms with Crippen LogP contribution in [0.5, 0.6) is 0 Å². The summed E-state index contributed by atoms with van der Waals surface area (Å²) >= 11 is 0. The quantitative estimate of drug-likeness (QED) is 0.307. The average Bonchev–Trinajstić information content (AvgIpc) is 2.33. The van der Waals surface area contributed by atoms with Gasteiger partial charge in [0, 0.05) is 6.61 Å². The molecule has 0 aromatic carbocycles. The maximum Gasteiger partial charge on any atom is 0.294 e. The first kappa shape index (κ1) is 18.4. The molecule has 2 atom stereocenters. The summed E-state index contributed by atoms with van der Waals surface area (Å²) in [4.78, 5) is 28.7. The van der Waals surface area contributed by atoms with Gasteiger partial charge in [0.15, 0.2) is 0 Å². The molecule has 0 amide bonds. The molecule has 1 unspecified atom stereocenters. The van der Waals surface area contributed by atoms with Crippen molar-refractivity contribution in [2.75, 3.05) is 13.2 Å². The molecule has 9 heteroatoms. The Bertz CT molecular complexity index is 298. The van der Waals surface area contributed by atoms with Crippen LogP contribution in [0.4, 0.5) is 0 Å². The molecule has 20 heavy (non-hydrogen) atoms. The highest BCUT2D eigenvalue weighted by molar-refractivity contribution is 4.57. The molecule has 0 N–H and O–H groups in total. The van der Waals surface area contributed by atoms with Crippen molar-refractivity contribution in [2.45, 2.75) is 52.2 Å². The molecular formula is C11H22N2O7. The van der Waals surface area contributed by atoms with Gasteiger partial charge in [-0.25, -0.2) is 0 Å². The summed E-state index contributed by atoms with van der Waals surface area (Å²) in [6.07, 6.45) is 0.822. The van der Waals surface area contributed by atoms with Crippen molar-refractivity contribution in [1.29, 1.82) is 0 Å². The zero-order valence-electron chi connectivity index (χ0n) is 12.0. The zero-order valence-corrected chi connectivity index (χ0v) is 12.0. The van der Waals surface area contributed by atoms with Crippen LogP contribution in [0.1, 0.15) is 40.0 Å². The van der Waals surface area contributed by atoms with Crippen molar-refractivity contribution < 1.29 is 24.6 Å². The Morgan fingerprint density at radius 1 is 1.05 bits per heavy atom. The minimum atomic E-state index is -0.996. The van der Waals surface area contributed by atoms with E-state index in [1.165, 1.54) is 0 Å². The normalized spacial score (nSPS) is 13.8. The molecule has 0 saturated heterocycles. The predicted molar refractivity (Wildman–Crippen MR) is 68.9 cm³/mol. The lowest BCUT2D eigenvalue weighted by Crippen LogP contribution is -2.24. The van der Waals surface area contributed by atoms with Crippen LogP contribution in [-0.2, 0) is 14.4 Å². The van der Waals surface area contributed by atoms with Gasteiger partial charge in [-0.15, -0.1) is 20.2 Å². The van der Waals surface area contributed by atoms with Gasteiger partial charge in [-0.1, -0.05) is 13.8 Å². The molecule has 0 rings (SSSR count). The van der Waals surface area contributed by atoms with Crippen molar-refractivity contribution in [3.63, 3.8) is 0 Å². The van der Waals surface area contributed by atoms with E-state index in [0.29, 0.717) is 31.8 Å². The second kappa shape index (κ2) is 10.2. The zero-order chi connectivity index (χ0) is 15.5. The fourth-order valence-electron chi connectivity index (χ4n) is 1.37. The van der Waals surface area contributed by atoms with Gasteiger partial charge in [-0.3, -0.25) is 0 Å². The summed E-state index contributed by atoms with van der Waals surface area (Å²) in [5.74, 6) is 0.425. The summed E-state index contributed by atoms with van der Waals surface area (Å²) < 4.78 is 5.55. The second-order valence-corrected chi connectivity index (χ2v) is 4.79. The van der Waals surface area contributed by atoms with Gasteiger partial charge in [0.1, 0.15) is 12.7 Å². The van der Waals surface area contributed by atoms with E-state index in [9.17, 15) is 20.2 Å². The molecule has 0 aliphatic rings. The fraction of sp³-hybridized carbons (Fsp3) is 1.00. The molecule has 0 aromatic heterocycles. The lowest BCUT2D eigenvalue weighted by Gasteiger charge is -2.17. The average molecular weight is 294 g/mol. The Balaban J connectivity index is 3.83. The molecule has 9 nitrogen and oxygen atoms in total. The smallest absolute Gasteiger partial charge is 0.294 e. The fourth-order valence-corrected chi connectivity index (χ4v) is 1.37. The van der Waals surface area contributed by atoms with E-state index in [0.717, 1.165) is 0 Å². The van der Waals surface area contributed by atoms with Crippen molar-refractivity contribution >= 4 is 0 Å². The highest BCUT2D eigenvalue weighted by Gasteiger charge is 2.15. The van der Waals surface area contributed by atoms with Gasteiger partial charge in [0.25, 0.3) is 10.2 Å². The maximum absolute atomic E-state index is 10.2. The standard InChI is InChI=1S/C11H22N2O7/c1-9(2)10(3)18-7-5-4-6-11(20-13(16)17)8-19-12(14)15/h9-11H,4-8H2,1-3H3/t10?,11-/m0/s1. The number of unbranched alkanes of at least 4 members (excludes halogenated alkanes) is 1. The molecule has 0 heterocycles. The summed E-state index contributed by atoms with van der Waals surface area (Å²) in [7, 11) is 0. The highest BCUT2D eigenvalue weighted by Crippen LogP contribution is 2.09. The number of rotatable bonds is 12. The lowest BCUT2D eigenvalue weighted by molar-refractivity contribution is -0.790. The summed E-state index contributed by atoms with van der Waals surface area (Å²) in [5.41, 5.74) is 0. The molecule has 0 fully saturated rings. The summed E-state index contributed by atoms with van der Waals surface area (Å²) in [6.45, 7) is 6.19. The lowest BCUT2D eigenvalue weighted by atomic mass is 10.1. The van der Waals surface area contributed by atoms with E-state index in [2.05, 4.69) is 23.5 Å². The number of hydrogen-bond acceptors (Lipinski definition) is 7. The van der Waals surface area contributed by atoms with Gasteiger partial charge in [-0.2, -0.15) is 0 Å². The first-order valence-electron chi connectivity index (χ1n) is 6.53. The van der Waals surface area contributed by atoms with E-state index in [4.69, 9.17) is 4.74 Å². The van der Waals surface area contributed by atoms with Crippen molar-refractivity contribution in [2.24, 2.45) is 5.92 Å². The number of nitrogens with zero attached hydrogens (tertiary/aromatic N) is 2. The monoisotopic (exact) mass is 294 g/mol.